The van der Waals surface area contributed by atoms with E-state index in [1.54, 1.807) is 13.1 Å². The van der Waals surface area contributed by atoms with Crippen LogP contribution in [-0.4, -0.2) is 51.5 Å². The first-order valence-electron chi connectivity index (χ1n) is 8.07. The fraction of sp³-hybridized carbons (Fsp3) is 0.500. The third-order valence-electron chi connectivity index (χ3n) is 4.05. The summed E-state index contributed by atoms with van der Waals surface area (Å²) >= 11 is 0. The molecule has 0 bridgehead atoms. The van der Waals surface area contributed by atoms with Gasteiger partial charge in [-0.1, -0.05) is 6.07 Å². The Hall–Kier alpha value is -2.48. The Morgan fingerprint density at radius 1 is 1.50 bits per heavy atom. The molecule has 24 heavy (non-hydrogen) atoms. The summed E-state index contributed by atoms with van der Waals surface area (Å²) in [5.41, 5.74) is 0.958. The molecule has 8 nitrogen and oxygen atoms in total. The van der Waals surface area contributed by atoms with Gasteiger partial charge >= 0.3 is 0 Å². The molecule has 0 aromatic carbocycles. The molecule has 1 aliphatic heterocycles. The zero-order chi connectivity index (χ0) is 16.9. The van der Waals surface area contributed by atoms with Gasteiger partial charge in [-0.3, -0.25) is 4.79 Å². The van der Waals surface area contributed by atoms with Crippen LogP contribution in [0.2, 0.25) is 0 Å². The van der Waals surface area contributed by atoms with Crippen LogP contribution in [0.25, 0.3) is 0 Å². The van der Waals surface area contributed by atoms with Gasteiger partial charge in [0.05, 0.1) is 12.7 Å². The number of nitrogens with zero attached hydrogens (tertiary/aromatic N) is 5. The fourth-order valence-electron chi connectivity index (χ4n) is 2.61. The van der Waals surface area contributed by atoms with Crippen molar-refractivity contribution in [2.45, 2.75) is 32.5 Å². The molecular formula is C16H22N6O2. The lowest BCUT2D eigenvalue weighted by Gasteiger charge is -2.32. The quantitative estimate of drug-likeness (QED) is 0.872. The van der Waals surface area contributed by atoms with Gasteiger partial charge in [0.1, 0.15) is 24.5 Å². The van der Waals surface area contributed by atoms with Gasteiger partial charge in [-0.2, -0.15) is 5.10 Å². The van der Waals surface area contributed by atoms with Crippen LogP contribution in [-0.2, 0) is 16.1 Å². The number of ether oxygens (including phenoxy) is 1. The molecule has 0 spiro atoms. The highest BCUT2D eigenvalue weighted by Gasteiger charge is 2.18. The Morgan fingerprint density at radius 3 is 3.04 bits per heavy atom. The van der Waals surface area contributed by atoms with Crippen LogP contribution in [0.3, 0.4) is 0 Å². The van der Waals surface area contributed by atoms with Gasteiger partial charge in [-0.25, -0.2) is 14.6 Å². The maximum Gasteiger partial charge on any atom is 0.244 e. The van der Waals surface area contributed by atoms with Gasteiger partial charge in [0.15, 0.2) is 0 Å². The molecule has 2 aromatic rings. The molecule has 3 rings (SSSR count). The highest BCUT2D eigenvalue weighted by Crippen LogP contribution is 2.15. The number of amides is 1. The van der Waals surface area contributed by atoms with Crippen molar-refractivity contribution in [3.8, 4) is 0 Å². The molecule has 1 fully saturated rings. The Kier molecular flexibility index (Phi) is 5.05. The predicted molar refractivity (Wildman–Crippen MR) is 88.4 cm³/mol. The van der Waals surface area contributed by atoms with Crippen LogP contribution < -0.4 is 10.2 Å². The van der Waals surface area contributed by atoms with E-state index >= 15 is 0 Å². The maximum absolute atomic E-state index is 12.1. The first kappa shape index (κ1) is 16.4. The van der Waals surface area contributed by atoms with Crippen molar-refractivity contribution in [2.75, 3.05) is 24.6 Å². The van der Waals surface area contributed by atoms with Crippen molar-refractivity contribution in [1.82, 2.24) is 25.1 Å². The van der Waals surface area contributed by atoms with Crippen molar-refractivity contribution in [3.05, 3.63) is 36.5 Å². The van der Waals surface area contributed by atoms with E-state index in [-0.39, 0.29) is 12.0 Å². The van der Waals surface area contributed by atoms with Crippen molar-refractivity contribution in [1.29, 1.82) is 0 Å². The Morgan fingerprint density at radius 2 is 2.38 bits per heavy atom. The van der Waals surface area contributed by atoms with Crippen LogP contribution >= 0.6 is 0 Å². The topological polar surface area (TPSA) is 85.2 Å². The number of rotatable bonds is 5. The van der Waals surface area contributed by atoms with Crippen LogP contribution in [0, 0.1) is 0 Å². The molecule has 2 atom stereocenters. The lowest BCUT2D eigenvalue weighted by molar-refractivity contribution is -0.124. The smallest absolute Gasteiger partial charge is 0.244 e. The monoisotopic (exact) mass is 330 g/mol. The van der Waals surface area contributed by atoms with E-state index < -0.39 is 6.04 Å². The third kappa shape index (κ3) is 3.88. The average Bonchev–Trinajstić information content (AvgIpc) is 3.14. The summed E-state index contributed by atoms with van der Waals surface area (Å²) in [4.78, 5) is 22.7. The van der Waals surface area contributed by atoms with E-state index in [4.69, 9.17) is 4.74 Å². The summed E-state index contributed by atoms with van der Waals surface area (Å²) in [6.07, 6.45) is 4.97. The van der Waals surface area contributed by atoms with Crippen molar-refractivity contribution in [3.63, 3.8) is 0 Å². The summed E-state index contributed by atoms with van der Waals surface area (Å²) in [5, 5.41) is 6.87. The molecule has 0 radical (unpaired) electrons. The summed E-state index contributed by atoms with van der Waals surface area (Å²) in [6.45, 7) is 6.70. The number of aromatic nitrogens is 4. The molecular weight excluding hydrogens is 308 g/mol. The number of nitrogens with one attached hydrogen (secondary N) is 1. The Balaban J connectivity index is 1.53. The van der Waals surface area contributed by atoms with Gasteiger partial charge in [-0.15, -0.1) is 0 Å². The minimum Gasteiger partial charge on any atom is -0.375 e. The molecule has 0 aliphatic carbocycles. The second-order valence-corrected chi connectivity index (χ2v) is 5.92. The number of carbonyl (C=O) groups is 1. The highest BCUT2D eigenvalue weighted by molar-refractivity contribution is 5.79. The lowest BCUT2D eigenvalue weighted by Crippen LogP contribution is -2.41. The lowest BCUT2D eigenvalue weighted by atomic mass is 10.2. The summed E-state index contributed by atoms with van der Waals surface area (Å²) < 4.78 is 7.07. The van der Waals surface area contributed by atoms with Gasteiger partial charge in [0.25, 0.3) is 0 Å². The SMILES string of the molecule is C[C@H](C(=O)NCc1ccc(N2CCO[C@@H](C)C2)nc1)n1cncn1. The van der Waals surface area contributed by atoms with Crippen LogP contribution in [0.5, 0.6) is 0 Å². The average molecular weight is 330 g/mol. The van der Waals surface area contributed by atoms with Gasteiger partial charge in [0, 0.05) is 25.8 Å². The second kappa shape index (κ2) is 7.39. The Labute approximate surface area is 140 Å². The summed E-state index contributed by atoms with van der Waals surface area (Å²) in [6, 6.07) is 3.58. The highest BCUT2D eigenvalue weighted by atomic mass is 16.5. The van der Waals surface area contributed by atoms with E-state index in [9.17, 15) is 4.79 Å². The van der Waals surface area contributed by atoms with E-state index in [0.29, 0.717) is 6.54 Å². The van der Waals surface area contributed by atoms with Gasteiger partial charge in [0.2, 0.25) is 5.91 Å². The first-order valence-corrected chi connectivity index (χ1v) is 8.07. The fourth-order valence-corrected chi connectivity index (χ4v) is 2.61. The van der Waals surface area contributed by atoms with Crippen LogP contribution in [0.1, 0.15) is 25.5 Å². The van der Waals surface area contributed by atoms with E-state index in [1.807, 2.05) is 12.1 Å². The minimum atomic E-state index is -0.394. The molecule has 2 aromatic heterocycles. The van der Waals surface area contributed by atoms with Crippen molar-refractivity contribution >= 4 is 11.7 Å². The van der Waals surface area contributed by atoms with Gasteiger partial charge in [-0.05, 0) is 25.5 Å². The number of pyridine rings is 1. The van der Waals surface area contributed by atoms with Crippen molar-refractivity contribution < 1.29 is 9.53 Å². The van der Waals surface area contributed by atoms with Crippen LogP contribution in [0.4, 0.5) is 5.82 Å². The van der Waals surface area contributed by atoms with Crippen molar-refractivity contribution in [2.24, 2.45) is 0 Å². The minimum absolute atomic E-state index is 0.105. The number of carbonyl (C=O) groups excluding carboxylic acids is 1. The largest absolute Gasteiger partial charge is 0.375 e. The zero-order valence-corrected chi connectivity index (χ0v) is 13.9. The molecule has 8 heteroatoms. The van der Waals surface area contributed by atoms with E-state index in [2.05, 4.69) is 32.2 Å². The standard InChI is InChI=1S/C16H22N6O2/c1-12-9-21(5-6-24-12)15-4-3-14(7-18-15)8-19-16(23)13(2)22-11-17-10-20-22/h3-4,7,10-13H,5-6,8-9H2,1-2H3,(H,19,23)/t12-,13+/m0/s1. The molecule has 1 saturated heterocycles. The van der Waals surface area contributed by atoms with Gasteiger partial charge < -0.3 is 15.0 Å². The molecule has 0 saturated carbocycles. The number of anilines is 1. The normalized spacial score (nSPS) is 19.1. The number of morpholine rings is 1. The number of hydrogen-bond acceptors (Lipinski definition) is 6. The third-order valence-corrected chi connectivity index (χ3v) is 4.05. The molecule has 1 N–H and O–H groups in total. The Bertz CT molecular complexity index is 658. The zero-order valence-electron chi connectivity index (χ0n) is 13.9. The molecule has 128 valence electrons. The summed E-state index contributed by atoms with van der Waals surface area (Å²) in [7, 11) is 0. The predicted octanol–water partition coefficient (Wildman–Crippen LogP) is 0.776. The first-order chi connectivity index (χ1) is 11.6. The molecule has 1 amide bonds. The second-order valence-electron chi connectivity index (χ2n) is 5.92. The molecule has 1 aliphatic rings. The molecule has 0 unspecified atom stereocenters. The maximum atomic E-state index is 12.1. The van der Waals surface area contributed by atoms with E-state index in [0.717, 1.165) is 31.1 Å². The van der Waals surface area contributed by atoms with Crippen LogP contribution in [0.15, 0.2) is 31.0 Å². The van der Waals surface area contributed by atoms with E-state index in [1.165, 1.54) is 17.3 Å². The molecule has 3 heterocycles. The summed E-state index contributed by atoms with van der Waals surface area (Å²) in [5.74, 6) is 0.836. The number of hydrogen-bond donors (Lipinski definition) is 1.